The van der Waals surface area contributed by atoms with Gasteiger partial charge in [0.15, 0.2) is 0 Å². The van der Waals surface area contributed by atoms with Gasteiger partial charge in [-0.2, -0.15) is 0 Å². The van der Waals surface area contributed by atoms with E-state index >= 15 is 0 Å². The van der Waals surface area contributed by atoms with Gasteiger partial charge in [0.25, 0.3) is 0 Å². The largest absolute Gasteiger partial charge is 0.497 e. The fraction of sp³-hybridized carbons (Fsp3) is 0.250. The summed E-state index contributed by atoms with van der Waals surface area (Å²) in [5.41, 5.74) is 5.78. The van der Waals surface area contributed by atoms with E-state index in [1.807, 2.05) is 37.3 Å². The number of nitrogens with one attached hydrogen (secondary N) is 1. The molecule has 5 heteroatoms. The van der Waals surface area contributed by atoms with Crippen LogP contribution in [0.3, 0.4) is 0 Å². The molecule has 0 aliphatic carbocycles. The van der Waals surface area contributed by atoms with Gasteiger partial charge in [0.2, 0.25) is 0 Å². The number of nitrogens with zero attached hydrogens (tertiary/aromatic N) is 1. The minimum Gasteiger partial charge on any atom is -0.497 e. The van der Waals surface area contributed by atoms with Crippen LogP contribution in [0.1, 0.15) is 22.5 Å². The SMILES string of the molecule is COC1=CC(c2ccc(OC)cc2OC)=N/C1=C\c1[nH]c(C)cc1C. The number of benzene rings is 1. The van der Waals surface area contributed by atoms with E-state index < -0.39 is 0 Å². The fourth-order valence-corrected chi connectivity index (χ4v) is 2.87. The number of rotatable bonds is 5. The second kappa shape index (κ2) is 6.89. The van der Waals surface area contributed by atoms with Gasteiger partial charge in [0.1, 0.15) is 23.0 Å². The lowest BCUT2D eigenvalue weighted by Gasteiger charge is -2.09. The number of aliphatic imine (C=N–C) groups is 1. The van der Waals surface area contributed by atoms with Crippen LogP contribution in [0.4, 0.5) is 0 Å². The predicted molar refractivity (Wildman–Crippen MR) is 99.4 cm³/mol. The summed E-state index contributed by atoms with van der Waals surface area (Å²) in [5, 5.41) is 0. The van der Waals surface area contributed by atoms with Gasteiger partial charge in [-0.25, -0.2) is 4.99 Å². The molecule has 0 atom stereocenters. The topological polar surface area (TPSA) is 55.8 Å². The van der Waals surface area contributed by atoms with Gasteiger partial charge in [0.05, 0.1) is 27.0 Å². The van der Waals surface area contributed by atoms with E-state index in [-0.39, 0.29) is 0 Å². The minimum atomic E-state index is 0.706. The number of hydrogen-bond acceptors (Lipinski definition) is 4. The Hall–Kier alpha value is -2.95. The van der Waals surface area contributed by atoms with E-state index in [1.165, 1.54) is 5.56 Å². The zero-order chi connectivity index (χ0) is 18.0. The molecule has 1 aromatic carbocycles. The first kappa shape index (κ1) is 16.9. The Balaban J connectivity index is 2.04. The number of aromatic nitrogens is 1. The molecule has 1 aromatic heterocycles. The summed E-state index contributed by atoms with van der Waals surface area (Å²) in [7, 11) is 4.92. The van der Waals surface area contributed by atoms with Crippen LogP contribution in [0.15, 0.2) is 46.8 Å². The van der Waals surface area contributed by atoms with Crippen molar-refractivity contribution in [3.63, 3.8) is 0 Å². The molecule has 3 rings (SSSR count). The standard InChI is InChI=1S/C20H22N2O3/c1-12-8-13(2)21-16(12)10-18-20(25-5)11-17(22-18)15-7-6-14(23-3)9-19(15)24-4/h6-11,21H,1-5H3/b18-10-. The number of hydrogen-bond donors (Lipinski definition) is 1. The van der Waals surface area contributed by atoms with Crippen molar-refractivity contribution >= 4 is 11.8 Å². The highest BCUT2D eigenvalue weighted by atomic mass is 16.5. The van der Waals surface area contributed by atoms with E-state index in [2.05, 4.69) is 18.0 Å². The Kier molecular flexibility index (Phi) is 4.65. The molecule has 1 N–H and O–H groups in total. The second-order valence-corrected chi connectivity index (χ2v) is 5.85. The normalized spacial score (nSPS) is 15.2. The van der Waals surface area contributed by atoms with Crippen LogP contribution >= 0.6 is 0 Å². The van der Waals surface area contributed by atoms with Crippen LogP contribution in [0.2, 0.25) is 0 Å². The van der Waals surface area contributed by atoms with Crippen LogP contribution in [-0.2, 0) is 4.74 Å². The van der Waals surface area contributed by atoms with Gasteiger partial charge in [0, 0.05) is 29.1 Å². The van der Waals surface area contributed by atoms with Crippen molar-refractivity contribution in [3.8, 4) is 11.5 Å². The molecule has 0 spiro atoms. The highest BCUT2D eigenvalue weighted by Gasteiger charge is 2.20. The third-order valence-electron chi connectivity index (χ3n) is 4.14. The van der Waals surface area contributed by atoms with Crippen LogP contribution in [0.5, 0.6) is 11.5 Å². The first-order chi connectivity index (χ1) is 12.0. The molecule has 0 saturated carbocycles. The summed E-state index contributed by atoms with van der Waals surface area (Å²) < 4.78 is 16.3. The smallest absolute Gasteiger partial charge is 0.146 e. The van der Waals surface area contributed by atoms with Crippen molar-refractivity contribution in [2.24, 2.45) is 4.99 Å². The molecule has 25 heavy (non-hydrogen) atoms. The Bertz CT molecular complexity index is 888. The summed E-state index contributed by atoms with van der Waals surface area (Å²) >= 11 is 0. The molecule has 5 nitrogen and oxygen atoms in total. The molecule has 2 heterocycles. The number of ether oxygens (including phenoxy) is 3. The quantitative estimate of drug-likeness (QED) is 0.896. The third kappa shape index (κ3) is 3.31. The predicted octanol–water partition coefficient (Wildman–Crippen LogP) is 4.02. The molecule has 130 valence electrons. The van der Waals surface area contributed by atoms with E-state index in [0.717, 1.165) is 39.9 Å². The molecule has 0 bridgehead atoms. The van der Waals surface area contributed by atoms with Crippen molar-refractivity contribution in [2.75, 3.05) is 21.3 Å². The number of methoxy groups -OCH3 is 3. The molecule has 0 fully saturated rings. The molecule has 1 aliphatic rings. The number of aryl methyl sites for hydroxylation is 2. The minimum absolute atomic E-state index is 0.706. The molecule has 0 unspecified atom stereocenters. The number of H-pyrrole nitrogens is 1. The lowest BCUT2D eigenvalue weighted by Crippen LogP contribution is -1.99. The molecular weight excluding hydrogens is 316 g/mol. The van der Waals surface area contributed by atoms with Crippen molar-refractivity contribution < 1.29 is 14.2 Å². The maximum absolute atomic E-state index is 5.51. The van der Waals surface area contributed by atoms with Crippen molar-refractivity contribution in [3.05, 3.63) is 64.3 Å². The highest BCUT2D eigenvalue weighted by Crippen LogP contribution is 2.31. The van der Waals surface area contributed by atoms with Crippen LogP contribution in [-0.4, -0.2) is 32.0 Å². The Morgan fingerprint density at radius 3 is 2.40 bits per heavy atom. The Morgan fingerprint density at radius 1 is 1.00 bits per heavy atom. The van der Waals surface area contributed by atoms with Crippen molar-refractivity contribution in [1.29, 1.82) is 0 Å². The zero-order valence-electron chi connectivity index (χ0n) is 15.1. The first-order valence-corrected chi connectivity index (χ1v) is 8.00. The van der Waals surface area contributed by atoms with E-state index in [1.54, 1.807) is 21.3 Å². The second-order valence-electron chi connectivity index (χ2n) is 5.85. The van der Waals surface area contributed by atoms with Crippen LogP contribution in [0.25, 0.3) is 6.08 Å². The van der Waals surface area contributed by atoms with Crippen molar-refractivity contribution in [1.82, 2.24) is 4.98 Å². The number of aromatic amines is 1. The van der Waals surface area contributed by atoms with Gasteiger partial charge in [-0.1, -0.05) is 0 Å². The number of allylic oxidation sites excluding steroid dienone is 1. The average molecular weight is 338 g/mol. The van der Waals surface area contributed by atoms with E-state index in [4.69, 9.17) is 19.2 Å². The molecular formula is C20H22N2O3. The van der Waals surface area contributed by atoms with Gasteiger partial charge in [-0.05, 0) is 43.7 Å². The third-order valence-corrected chi connectivity index (χ3v) is 4.14. The van der Waals surface area contributed by atoms with Crippen LogP contribution in [0, 0.1) is 13.8 Å². The highest BCUT2D eigenvalue weighted by molar-refractivity contribution is 6.13. The molecule has 0 amide bonds. The average Bonchev–Trinajstić information content (AvgIpc) is 3.16. The summed E-state index contributed by atoms with van der Waals surface area (Å²) in [6, 6.07) is 7.78. The molecule has 2 aromatic rings. The van der Waals surface area contributed by atoms with Gasteiger partial charge in [-0.3, -0.25) is 0 Å². The zero-order valence-corrected chi connectivity index (χ0v) is 15.1. The molecule has 1 aliphatic heterocycles. The summed E-state index contributed by atoms with van der Waals surface area (Å²) in [6.45, 7) is 4.10. The fourth-order valence-electron chi connectivity index (χ4n) is 2.87. The van der Waals surface area contributed by atoms with Gasteiger partial charge in [-0.15, -0.1) is 0 Å². The van der Waals surface area contributed by atoms with E-state index in [9.17, 15) is 0 Å². The summed E-state index contributed by atoms with van der Waals surface area (Å²) in [5.74, 6) is 2.17. The van der Waals surface area contributed by atoms with E-state index in [0.29, 0.717) is 5.75 Å². The lowest BCUT2D eigenvalue weighted by molar-refractivity contribution is 0.303. The first-order valence-electron chi connectivity index (χ1n) is 8.00. The maximum atomic E-state index is 5.51. The van der Waals surface area contributed by atoms with Gasteiger partial charge >= 0.3 is 0 Å². The summed E-state index contributed by atoms with van der Waals surface area (Å²) in [4.78, 5) is 8.08. The van der Waals surface area contributed by atoms with Crippen LogP contribution < -0.4 is 9.47 Å². The Morgan fingerprint density at radius 2 is 1.80 bits per heavy atom. The molecule has 0 saturated heterocycles. The monoisotopic (exact) mass is 338 g/mol. The lowest BCUT2D eigenvalue weighted by atomic mass is 10.1. The van der Waals surface area contributed by atoms with Crippen molar-refractivity contribution in [2.45, 2.75) is 13.8 Å². The summed E-state index contributed by atoms with van der Waals surface area (Å²) in [6.07, 6.45) is 3.92. The molecule has 0 radical (unpaired) electrons. The Labute approximate surface area is 147 Å². The van der Waals surface area contributed by atoms with Gasteiger partial charge < -0.3 is 19.2 Å². The maximum Gasteiger partial charge on any atom is 0.146 e.